The summed E-state index contributed by atoms with van der Waals surface area (Å²) < 4.78 is 10.7. The lowest BCUT2D eigenvalue weighted by atomic mass is 10.1. The van der Waals surface area contributed by atoms with E-state index >= 15 is 0 Å². The van der Waals surface area contributed by atoms with Gasteiger partial charge in [0.1, 0.15) is 17.1 Å². The predicted molar refractivity (Wildman–Crippen MR) is 98.4 cm³/mol. The molecule has 1 heterocycles. The van der Waals surface area contributed by atoms with Crippen molar-refractivity contribution < 1.29 is 23.8 Å². The van der Waals surface area contributed by atoms with Crippen LogP contribution in [0.2, 0.25) is 0 Å². The van der Waals surface area contributed by atoms with E-state index in [1.54, 1.807) is 0 Å². The van der Waals surface area contributed by atoms with Gasteiger partial charge in [0, 0.05) is 5.56 Å². The Morgan fingerprint density at radius 2 is 1.85 bits per heavy atom. The number of carbonyl (C=O) groups excluding carboxylic acids is 1. The number of aliphatic carboxylic acids is 1. The van der Waals surface area contributed by atoms with Gasteiger partial charge in [0.25, 0.3) is 0 Å². The van der Waals surface area contributed by atoms with Crippen LogP contribution >= 0.6 is 0 Å². The number of esters is 1. The molecular formula is C21H14O6. The molecule has 1 N–H and O–H groups in total. The van der Waals surface area contributed by atoms with Gasteiger partial charge in [-0.25, -0.2) is 9.59 Å². The van der Waals surface area contributed by atoms with Crippen molar-refractivity contribution in [2.24, 2.45) is 0 Å². The number of fused-ring (bicyclic) bond motifs is 2. The Hall–Kier alpha value is -3.67. The monoisotopic (exact) mass is 362 g/mol. The number of hydrogen-bond acceptors (Lipinski definition) is 5. The first kappa shape index (κ1) is 16.8. The Morgan fingerprint density at radius 1 is 1.07 bits per heavy atom. The molecule has 4 rings (SSSR count). The van der Waals surface area contributed by atoms with Gasteiger partial charge in [-0.3, -0.25) is 4.79 Å². The van der Waals surface area contributed by atoms with Gasteiger partial charge in [0.15, 0.2) is 5.43 Å². The molecule has 3 aromatic rings. The minimum absolute atomic E-state index is 0.0137. The second kappa shape index (κ2) is 6.57. The maximum Gasteiger partial charge on any atom is 0.422 e. The number of ether oxygens (including phenoxy) is 1. The molecule has 0 saturated carbocycles. The summed E-state index contributed by atoms with van der Waals surface area (Å²) in [6.07, 6.45) is 3.26. The number of carbonyl (C=O) groups is 2. The first-order valence-corrected chi connectivity index (χ1v) is 8.34. The van der Waals surface area contributed by atoms with E-state index in [9.17, 15) is 14.4 Å². The third-order valence-corrected chi connectivity index (χ3v) is 4.42. The number of benzene rings is 2. The van der Waals surface area contributed by atoms with Crippen LogP contribution in [0.15, 0.2) is 57.7 Å². The molecule has 0 fully saturated rings. The van der Waals surface area contributed by atoms with Crippen LogP contribution in [0.1, 0.15) is 23.3 Å². The Morgan fingerprint density at radius 3 is 2.59 bits per heavy atom. The van der Waals surface area contributed by atoms with Crippen molar-refractivity contribution in [2.45, 2.75) is 12.8 Å². The van der Waals surface area contributed by atoms with Crippen molar-refractivity contribution in [1.82, 2.24) is 0 Å². The van der Waals surface area contributed by atoms with Crippen LogP contribution in [0.25, 0.3) is 22.6 Å². The molecule has 1 aliphatic carbocycles. The van der Waals surface area contributed by atoms with Gasteiger partial charge in [-0.15, -0.1) is 0 Å². The van der Waals surface area contributed by atoms with Crippen LogP contribution in [0, 0.1) is 0 Å². The summed E-state index contributed by atoms with van der Waals surface area (Å²) in [6.45, 7) is 0. The summed E-state index contributed by atoms with van der Waals surface area (Å²) in [5.74, 6) is -2.55. The first-order chi connectivity index (χ1) is 13.0. The fourth-order valence-corrected chi connectivity index (χ4v) is 3.17. The molecule has 0 aliphatic heterocycles. The molecule has 0 atom stereocenters. The van der Waals surface area contributed by atoms with Crippen molar-refractivity contribution in [3.63, 3.8) is 0 Å². The van der Waals surface area contributed by atoms with Gasteiger partial charge >= 0.3 is 11.9 Å². The number of rotatable bonds is 2. The second-order valence-corrected chi connectivity index (χ2v) is 6.17. The summed E-state index contributed by atoms with van der Waals surface area (Å²) in [6, 6.07) is 14.0. The molecule has 0 saturated heterocycles. The molecule has 0 radical (unpaired) electrons. The average molecular weight is 362 g/mol. The van der Waals surface area contributed by atoms with Crippen LogP contribution in [0.4, 0.5) is 0 Å². The SMILES string of the molecule is O=C(O)C(=O)Oc1ccc2oc3c(c(=O)c2c1)CC/C3=C\c1ccccc1. The van der Waals surface area contributed by atoms with Gasteiger partial charge < -0.3 is 14.3 Å². The molecule has 0 spiro atoms. The zero-order valence-electron chi connectivity index (χ0n) is 14.1. The Labute approximate surface area is 153 Å². The summed E-state index contributed by atoms with van der Waals surface area (Å²) in [5.41, 5.74) is 2.72. The highest BCUT2D eigenvalue weighted by molar-refractivity contribution is 6.29. The minimum Gasteiger partial charge on any atom is -0.473 e. The van der Waals surface area contributed by atoms with E-state index in [0.29, 0.717) is 29.7 Å². The smallest absolute Gasteiger partial charge is 0.422 e. The number of hydrogen-bond donors (Lipinski definition) is 1. The average Bonchev–Trinajstić information content (AvgIpc) is 3.06. The van der Waals surface area contributed by atoms with Crippen molar-refractivity contribution in [3.8, 4) is 5.75 Å². The molecule has 0 unspecified atom stereocenters. The lowest BCUT2D eigenvalue weighted by molar-refractivity contribution is -0.158. The quantitative estimate of drug-likeness (QED) is 0.427. The van der Waals surface area contributed by atoms with E-state index in [0.717, 1.165) is 11.1 Å². The standard InChI is InChI=1S/C21H14O6/c22-18-15-8-6-13(10-12-4-2-1-3-5-12)19(15)27-17-9-7-14(11-16(17)18)26-21(25)20(23)24/h1-5,7,9-11H,6,8H2,(H,23,24)/b13-10+. The molecule has 134 valence electrons. The Kier molecular flexibility index (Phi) is 4.08. The van der Waals surface area contributed by atoms with E-state index in [2.05, 4.69) is 0 Å². The van der Waals surface area contributed by atoms with E-state index in [1.807, 2.05) is 36.4 Å². The van der Waals surface area contributed by atoms with Crippen molar-refractivity contribution in [2.75, 3.05) is 0 Å². The van der Waals surface area contributed by atoms with Crippen molar-refractivity contribution >= 4 is 34.6 Å². The van der Waals surface area contributed by atoms with Crippen LogP contribution in [0.3, 0.4) is 0 Å². The summed E-state index contributed by atoms with van der Waals surface area (Å²) in [4.78, 5) is 34.7. The topological polar surface area (TPSA) is 93.8 Å². The van der Waals surface area contributed by atoms with E-state index in [1.165, 1.54) is 18.2 Å². The van der Waals surface area contributed by atoms with Crippen LogP contribution in [-0.2, 0) is 16.0 Å². The lowest BCUT2D eigenvalue weighted by Crippen LogP contribution is -2.19. The Bertz CT molecular complexity index is 1150. The second-order valence-electron chi connectivity index (χ2n) is 6.17. The number of allylic oxidation sites excluding steroid dienone is 1. The molecule has 2 aromatic carbocycles. The fraction of sp³-hybridized carbons (Fsp3) is 0.0952. The Balaban J connectivity index is 1.78. The largest absolute Gasteiger partial charge is 0.473 e. The third kappa shape index (κ3) is 3.13. The summed E-state index contributed by atoms with van der Waals surface area (Å²) in [5, 5.41) is 8.88. The molecule has 27 heavy (non-hydrogen) atoms. The highest BCUT2D eigenvalue weighted by atomic mass is 16.6. The van der Waals surface area contributed by atoms with Crippen LogP contribution in [0.5, 0.6) is 5.75 Å². The molecular weight excluding hydrogens is 348 g/mol. The summed E-state index contributed by atoms with van der Waals surface area (Å²) >= 11 is 0. The number of carboxylic acid groups (broad SMARTS) is 1. The molecule has 0 bridgehead atoms. The van der Waals surface area contributed by atoms with Gasteiger partial charge in [-0.2, -0.15) is 0 Å². The van der Waals surface area contributed by atoms with Crippen molar-refractivity contribution in [3.05, 3.63) is 75.6 Å². The van der Waals surface area contributed by atoms with E-state index < -0.39 is 11.9 Å². The highest BCUT2D eigenvalue weighted by Gasteiger charge is 2.24. The molecule has 1 aromatic heterocycles. The maximum atomic E-state index is 12.8. The minimum atomic E-state index is -1.70. The van der Waals surface area contributed by atoms with E-state index in [-0.39, 0.29) is 16.6 Å². The fourth-order valence-electron chi connectivity index (χ4n) is 3.17. The van der Waals surface area contributed by atoms with Gasteiger partial charge in [0.2, 0.25) is 0 Å². The summed E-state index contributed by atoms with van der Waals surface area (Å²) in [7, 11) is 0. The molecule has 6 nitrogen and oxygen atoms in total. The predicted octanol–water partition coefficient (Wildman–Crippen LogP) is 3.27. The van der Waals surface area contributed by atoms with E-state index in [4.69, 9.17) is 14.3 Å². The lowest BCUT2D eigenvalue weighted by Gasteiger charge is -2.06. The van der Waals surface area contributed by atoms with Gasteiger partial charge in [0.05, 0.1) is 5.39 Å². The van der Waals surface area contributed by atoms with Crippen LogP contribution < -0.4 is 10.2 Å². The van der Waals surface area contributed by atoms with Crippen molar-refractivity contribution in [1.29, 1.82) is 0 Å². The maximum absolute atomic E-state index is 12.8. The van der Waals surface area contributed by atoms with Gasteiger partial charge in [-0.1, -0.05) is 30.3 Å². The first-order valence-electron chi connectivity index (χ1n) is 8.34. The molecule has 1 aliphatic rings. The number of carboxylic acids is 1. The molecule has 0 amide bonds. The van der Waals surface area contributed by atoms with Gasteiger partial charge in [-0.05, 0) is 48.3 Å². The zero-order valence-corrected chi connectivity index (χ0v) is 14.1. The third-order valence-electron chi connectivity index (χ3n) is 4.42. The molecule has 6 heteroatoms. The zero-order chi connectivity index (χ0) is 19.0. The normalized spacial score (nSPS) is 14.3. The highest BCUT2D eigenvalue weighted by Crippen LogP contribution is 2.34. The van der Waals surface area contributed by atoms with Crippen LogP contribution in [-0.4, -0.2) is 17.0 Å².